The molecule has 0 aromatic heterocycles. The van der Waals surface area contributed by atoms with Crippen LogP contribution in [0.1, 0.15) is 16.7 Å². The average molecular weight is 178 g/mol. The molecule has 1 aromatic carbocycles. The van der Waals surface area contributed by atoms with Crippen LogP contribution in [0.4, 0.5) is 4.79 Å². The van der Waals surface area contributed by atoms with Crippen LogP contribution < -0.4 is 11.1 Å². The molecule has 1 rings (SSSR count). The van der Waals surface area contributed by atoms with E-state index >= 15 is 0 Å². The van der Waals surface area contributed by atoms with Crippen LogP contribution in [0.3, 0.4) is 0 Å². The standard InChI is InChI=1S/C10H14N2O/c1-7-4-3-5-8(2)9(7)6-12-10(11)13/h3-5H,6H2,1-2H3,(H3,11,12,13). The summed E-state index contributed by atoms with van der Waals surface area (Å²) >= 11 is 0. The average Bonchev–Trinajstić information content (AvgIpc) is 2.03. The van der Waals surface area contributed by atoms with E-state index in [0.29, 0.717) is 6.54 Å². The number of carbonyl (C=O) groups is 1. The number of aryl methyl sites for hydroxylation is 2. The van der Waals surface area contributed by atoms with Crippen LogP contribution in [-0.4, -0.2) is 6.03 Å². The molecule has 0 unspecified atom stereocenters. The van der Waals surface area contributed by atoms with Gasteiger partial charge in [-0.1, -0.05) is 18.2 Å². The van der Waals surface area contributed by atoms with Crippen molar-refractivity contribution in [2.45, 2.75) is 20.4 Å². The number of hydrogen-bond donors (Lipinski definition) is 2. The Hall–Kier alpha value is -1.51. The topological polar surface area (TPSA) is 55.1 Å². The summed E-state index contributed by atoms with van der Waals surface area (Å²) in [6.07, 6.45) is 0. The highest BCUT2D eigenvalue weighted by molar-refractivity contribution is 5.71. The normalized spacial score (nSPS) is 9.69. The first-order chi connectivity index (χ1) is 6.11. The van der Waals surface area contributed by atoms with Gasteiger partial charge in [-0.2, -0.15) is 0 Å². The maximum absolute atomic E-state index is 10.5. The molecule has 0 aliphatic carbocycles. The van der Waals surface area contributed by atoms with Gasteiger partial charge in [0.15, 0.2) is 0 Å². The van der Waals surface area contributed by atoms with Crippen molar-refractivity contribution in [3.05, 3.63) is 34.9 Å². The van der Waals surface area contributed by atoms with Crippen molar-refractivity contribution in [2.75, 3.05) is 0 Å². The molecule has 0 atom stereocenters. The van der Waals surface area contributed by atoms with Crippen LogP contribution in [0, 0.1) is 13.8 Å². The minimum atomic E-state index is -0.484. The van der Waals surface area contributed by atoms with E-state index in [2.05, 4.69) is 5.32 Å². The van der Waals surface area contributed by atoms with Crippen molar-refractivity contribution in [3.8, 4) is 0 Å². The van der Waals surface area contributed by atoms with Crippen molar-refractivity contribution in [1.82, 2.24) is 5.32 Å². The van der Waals surface area contributed by atoms with Gasteiger partial charge in [0.05, 0.1) is 0 Å². The molecule has 3 nitrogen and oxygen atoms in total. The van der Waals surface area contributed by atoms with E-state index in [1.807, 2.05) is 32.0 Å². The third kappa shape index (κ3) is 2.47. The zero-order valence-electron chi connectivity index (χ0n) is 7.92. The fourth-order valence-corrected chi connectivity index (χ4v) is 1.30. The Bertz CT molecular complexity index is 300. The summed E-state index contributed by atoms with van der Waals surface area (Å²) in [6.45, 7) is 4.55. The van der Waals surface area contributed by atoms with E-state index in [-0.39, 0.29) is 0 Å². The third-order valence-electron chi connectivity index (χ3n) is 2.08. The molecular weight excluding hydrogens is 164 g/mol. The fourth-order valence-electron chi connectivity index (χ4n) is 1.30. The zero-order chi connectivity index (χ0) is 9.84. The summed E-state index contributed by atoms with van der Waals surface area (Å²) in [5.74, 6) is 0. The van der Waals surface area contributed by atoms with Crippen LogP contribution in [0.25, 0.3) is 0 Å². The Morgan fingerprint density at radius 1 is 1.38 bits per heavy atom. The Labute approximate surface area is 77.9 Å². The second-order valence-electron chi connectivity index (χ2n) is 3.09. The van der Waals surface area contributed by atoms with E-state index in [1.165, 1.54) is 11.1 Å². The molecule has 0 saturated heterocycles. The van der Waals surface area contributed by atoms with Crippen LogP contribution in [0.15, 0.2) is 18.2 Å². The molecule has 0 fully saturated rings. The van der Waals surface area contributed by atoms with E-state index < -0.39 is 6.03 Å². The SMILES string of the molecule is Cc1cccc(C)c1CNC(N)=O. The minimum Gasteiger partial charge on any atom is -0.352 e. The highest BCUT2D eigenvalue weighted by atomic mass is 16.2. The number of primary amides is 1. The second kappa shape index (κ2) is 3.94. The molecule has 70 valence electrons. The first-order valence-electron chi connectivity index (χ1n) is 4.19. The third-order valence-corrected chi connectivity index (χ3v) is 2.08. The summed E-state index contributed by atoms with van der Waals surface area (Å²) < 4.78 is 0. The molecule has 0 saturated carbocycles. The van der Waals surface area contributed by atoms with Gasteiger partial charge >= 0.3 is 6.03 Å². The van der Waals surface area contributed by atoms with Gasteiger partial charge in [-0.3, -0.25) is 0 Å². The predicted molar refractivity (Wildman–Crippen MR) is 52.3 cm³/mol. The van der Waals surface area contributed by atoms with Crippen LogP contribution in [-0.2, 0) is 6.54 Å². The summed E-state index contributed by atoms with van der Waals surface area (Å²) in [6, 6.07) is 5.55. The summed E-state index contributed by atoms with van der Waals surface area (Å²) in [4.78, 5) is 10.5. The highest BCUT2D eigenvalue weighted by Crippen LogP contribution is 2.12. The molecule has 0 aliphatic rings. The Morgan fingerprint density at radius 3 is 2.38 bits per heavy atom. The Balaban J connectivity index is 2.81. The maximum atomic E-state index is 10.5. The van der Waals surface area contributed by atoms with Gasteiger partial charge in [-0.25, -0.2) is 4.79 Å². The Morgan fingerprint density at radius 2 is 1.92 bits per heavy atom. The lowest BCUT2D eigenvalue weighted by Crippen LogP contribution is -2.29. The van der Waals surface area contributed by atoms with Gasteiger partial charge in [0.25, 0.3) is 0 Å². The van der Waals surface area contributed by atoms with Gasteiger partial charge in [-0.15, -0.1) is 0 Å². The second-order valence-corrected chi connectivity index (χ2v) is 3.09. The molecule has 13 heavy (non-hydrogen) atoms. The monoisotopic (exact) mass is 178 g/mol. The van der Waals surface area contributed by atoms with Crippen molar-refractivity contribution in [1.29, 1.82) is 0 Å². The van der Waals surface area contributed by atoms with Crippen molar-refractivity contribution < 1.29 is 4.79 Å². The molecule has 0 radical (unpaired) electrons. The maximum Gasteiger partial charge on any atom is 0.312 e. The molecule has 3 N–H and O–H groups in total. The number of nitrogens with two attached hydrogens (primary N) is 1. The first kappa shape index (κ1) is 9.58. The summed E-state index contributed by atoms with van der Waals surface area (Å²) in [7, 11) is 0. The largest absolute Gasteiger partial charge is 0.352 e. The molecule has 0 spiro atoms. The number of amides is 2. The smallest absolute Gasteiger partial charge is 0.312 e. The van der Waals surface area contributed by atoms with E-state index in [0.717, 1.165) is 5.56 Å². The number of nitrogens with one attached hydrogen (secondary N) is 1. The fraction of sp³-hybridized carbons (Fsp3) is 0.300. The van der Waals surface area contributed by atoms with Gasteiger partial charge in [0.1, 0.15) is 0 Å². The van der Waals surface area contributed by atoms with E-state index in [9.17, 15) is 4.79 Å². The van der Waals surface area contributed by atoms with Crippen molar-refractivity contribution in [2.24, 2.45) is 5.73 Å². The first-order valence-corrected chi connectivity index (χ1v) is 4.19. The zero-order valence-corrected chi connectivity index (χ0v) is 7.92. The molecular formula is C10H14N2O. The summed E-state index contributed by atoms with van der Waals surface area (Å²) in [5.41, 5.74) is 8.48. The van der Waals surface area contributed by atoms with E-state index in [4.69, 9.17) is 5.73 Å². The van der Waals surface area contributed by atoms with Gasteiger partial charge in [0, 0.05) is 6.54 Å². The quantitative estimate of drug-likeness (QED) is 0.708. The van der Waals surface area contributed by atoms with Crippen LogP contribution in [0.5, 0.6) is 0 Å². The van der Waals surface area contributed by atoms with Gasteiger partial charge < -0.3 is 11.1 Å². The number of hydrogen-bond acceptors (Lipinski definition) is 1. The van der Waals surface area contributed by atoms with Crippen molar-refractivity contribution >= 4 is 6.03 Å². The molecule has 2 amide bonds. The molecule has 0 aliphatic heterocycles. The van der Waals surface area contributed by atoms with E-state index in [1.54, 1.807) is 0 Å². The van der Waals surface area contributed by atoms with Crippen LogP contribution in [0.2, 0.25) is 0 Å². The molecule has 3 heteroatoms. The molecule has 0 heterocycles. The number of benzene rings is 1. The number of urea groups is 1. The lowest BCUT2D eigenvalue weighted by Gasteiger charge is -2.09. The predicted octanol–water partition coefficient (Wildman–Crippen LogP) is 1.47. The van der Waals surface area contributed by atoms with Gasteiger partial charge in [-0.05, 0) is 30.5 Å². The summed E-state index contributed by atoms with van der Waals surface area (Å²) in [5, 5.41) is 2.58. The molecule has 0 bridgehead atoms. The Kier molecular flexibility index (Phi) is 2.90. The van der Waals surface area contributed by atoms with Crippen molar-refractivity contribution in [3.63, 3.8) is 0 Å². The molecule has 1 aromatic rings. The minimum absolute atomic E-state index is 0.484. The lowest BCUT2D eigenvalue weighted by molar-refractivity contribution is 0.248. The number of rotatable bonds is 2. The highest BCUT2D eigenvalue weighted by Gasteiger charge is 2.01. The van der Waals surface area contributed by atoms with Gasteiger partial charge in [0.2, 0.25) is 0 Å². The van der Waals surface area contributed by atoms with Crippen LogP contribution >= 0.6 is 0 Å². The number of carbonyl (C=O) groups excluding carboxylic acids is 1. The lowest BCUT2D eigenvalue weighted by atomic mass is 10.0.